The summed E-state index contributed by atoms with van der Waals surface area (Å²) in [5.74, 6) is 1.39. The number of hydrogen-bond acceptors (Lipinski definition) is 4. The second-order valence-electron chi connectivity index (χ2n) is 4.69. The molecule has 0 amide bonds. The Morgan fingerprint density at radius 3 is 2.74 bits per heavy atom. The summed E-state index contributed by atoms with van der Waals surface area (Å²) >= 11 is 0. The van der Waals surface area contributed by atoms with Gasteiger partial charge in [-0.3, -0.25) is 4.90 Å². The number of fused-ring (bicyclic) bond motifs is 1. The van der Waals surface area contributed by atoms with Crippen LogP contribution in [0.1, 0.15) is 24.5 Å². The van der Waals surface area contributed by atoms with E-state index in [2.05, 4.69) is 10.2 Å². The molecule has 108 valence electrons. The van der Waals surface area contributed by atoms with Crippen LogP contribution < -0.4 is 0 Å². The van der Waals surface area contributed by atoms with Gasteiger partial charge >= 0.3 is 6.18 Å². The summed E-state index contributed by atoms with van der Waals surface area (Å²) in [7, 11) is 0. The predicted molar refractivity (Wildman–Crippen MR) is 61.4 cm³/mol. The first-order valence-electron chi connectivity index (χ1n) is 6.30. The second-order valence-corrected chi connectivity index (χ2v) is 4.69. The highest BCUT2D eigenvalue weighted by molar-refractivity contribution is 4.99. The standard InChI is InChI=1S/C11H17F3N4O/c12-11(13,14)8-17(5-6-19)7-10-16-15-9-3-1-2-4-18(9)10/h19H,1-8H2. The van der Waals surface area contributed by atoms with Gasteiger partial charge in [-0.2, -0.15) is 13.2 Å². The van der Waals surface area contributed by atoms with Gasteiger partial charge in [0.2, 0.25) is 0 Å². The fraction of sp³-hybridized carbons (Fsp3) is 0.818. The summed E-state index contributed by atoms with van der Waals surface area (Å²) < 4.78 is 39.2. The summed E-state index contributed by atoms with van der Waals surface area (Å²) in [6.45, 7) is -0.557. The first-order valence-corrected chi connectivity index (χ1v) is 6.30. The van der Waals surface area contributed by atoms with E-state index in [0.717, 1.165) is 36.5 Å². The van der Waals surface area contributed by atoms with Crippen molar-refractivity contribution in [3.8, 4) is 0 Å². The van der Waals surface area contributed by atoms with Crippen molar-refractivity contribution >= 4 is 0 Å². The normalized spacial score (nSPS) is 15.8. The minimum absolute atomic E-state index is 0.0261. The van der Waals surface area contributed by atoms with E-state index in [1.807, 2.05) is 4.57 Å². The molecule has 0 atom stereocenters. The van der Waals surface area contributed by atoms with Crippen molar-refractivity contribution in [1.29, 1.82) is 0 Å². The van der Waals surface area contributed by atoms with Crippen molar-refractivity contribution in [3.05, 3.63) is 11.6 Å². The van der Waals surface area contributed by atoms with Crippen LogP contribution in [0, 0.1) is 0 Å². The summed E-state index contributed by atoms with van der Waals surface area (Å²) in [6.07, 6.45) is -1.41. The van der Waals surface area contributed by atoms with Gasteiger partial charge in [0.05, 0.1) is 19.7 Å². The van der Waals surface area contributed by atoms with E-state index in [9.17, 15) is 13.2 Å². The van der Waals surface area contributed by atoms with Crippen LogP contribution in [0.15, 0.2) is 0 Å². The number of alkyl halides is 3. The Bertz CT molecular complexity index is 419. The Balaban J connectivity index is 2.06. The molecule has 2 heterocycles. The number of rotatable bonds is 5. The van der Waals surface area contributed by atoms with Crippen LogP contribution in [-0.4, -0.2) is 50.6 Å². The molecule has 1 aliphatic heterocycles. The first-order chi connectivity index (χ1) is 8.99. The number of aromatic nitrogens is 3. The molecule has 1 aromatic heterocycles. The van der Waals surface area contributed by atoms with E-state index in [-0.39, 0.29) is 19.7 Å². The van der Waals surface area contributed by atoms with Gasteiger partial charge in [-0.1, -0.05) is 0 Å². The lowest BCUT2D eigenvalue weighted by Crippen LogP contribution is -2.36. The fourth-order valence-electron chi connectivity index (χ4n) is 2.29. The molecule has 0 radical (unpaired) electrons. The van der Waals surface area contributed by atoms with E-state index in [4.69, 9.17) is 5.11 Å². The van der Waals surface area contributed by atoms with Crippen molar-refractivity contribution in [3.63, 3.8) is 0 Å². The lowest BCUT2D eigenvalue weighted by atomic mass is 10.1. The minimum Gasteiger partial charge on any atom is -0.395 e. The molecular formula is C11H17F3N4O. The average molecular weight is 278 g/mol. The Hall–Kier alpha value is -1.15. The topological polar surface area (TPSA) is 54.2 Å². The zero-order valence-corrected chi connectivity index (χ0v) is 10.5. The third-order valence-corrected chi connectivity index (χ3v) is 3.12. The number of nitrogens with zero attached hydrogens (tertiary/aromatic N) is 4. The Labute approximate surface area is 109 Å². The van der Waals surface area contributed by atoms with Gasteiger partial charge in [0, 0.05) is 19.5 Å². The highest BCUT2D eigenvalue weighted by atomic mass is 19.4. The molecule has 5 nitrogen and oxygen atoms in total. The van der Waals surface area contributed by atoms with E-state index in [0.29, 0.717) is 5.82 Å². The molecule has 8 heteroatoms. The Morgan fingerprint density at radius 1 is 1.26 bits per heavy atom. The average Bonchev–Trinajstić information content (AvgIpc) is 2.71. The quantitative estimate of drug-likeness (QED) is 0.872. The third-order valence-electron chi connectivity index (χ3n) is 3.12. The highest BCUT2D eigenvalue weighted by Crippen LogP contribution is 2.19. The Kier molecular flexibility index (Phi) is 4.41. The third kappa shape index (κ3) is 3.90. The lowest BCUT2D eigenvalue weighted by molar-refractivity contribution is -0.148. The maximum Gasteiger partial charge on any atom is 0.401 e. The summed E-state index contributed by atoms with van der Waals surface area (Å²) in [4.78, 5) is 1.14. The predicted octanol–water partition coefficient (Wildman–Crippen LogP) is 0.971. The maximum atomic E-state index is 12.4. The molecule has 0 aliphatic carbocycles. The highest BCUT2D eigenvalue weighted by Gasteiger charge is 2.31. The lowest BCUT2D eigenvalue weighted by Gasteiger charge is -2.23. The molecule has 0 fully saturated rings. The number of aryl methyl sites for hydroxylation is 1. The van der Waals surface area contributed by atoms with Gasteiger partial charge in [0.1, 0.15) is 11.6 Å². The number of hydrogen-bond donors (Lipinski definition) is 1. The SMILES string of the molecule is OCCN(Cc1nnc2n1CCCC2)CC(F)(F)F. The smallest absolute Gasteiger partial charge is 0.395 e. The number of halogens is 3. The van der Waals surface area contributed by atoms with E-state index < -0.39 is 12.7 Å². The van der Waals surface area contributed by atoms with E-state index >= 15 is 0 Å². The molecule has 1 N–H and O–H groups in total. The van der Waals surface area contributed by atoms with Gasteiger partial charge in [0.25, 0.3) is 0 Å². The van der Waals surface area contributed by atoms with Gasteiger partial charge in [-0.25, -0.2) is 0 Å². The molecule has 19 heavy (non-hydrogen) atoms. The van der Waals surface area contributed by atoms with Crippen LogP contribution >= 0.6 is 0 Å². The molecule has 0 bridgehead atoms. The maximum absolute atomic E-state index is 12.4. The monoisotopic (exact) mass is 278 g/mol. The Morgan fingerprint density at radius 2 is 2.05 bits per heavy atom. The molecule has 0 unspecified atom stereocenters. The van der Waals surface area contributed by atoms with Crippen LogP contribution in [-0.2, 0) is 19.5 Å². The molecule has 0 saturated carbocycles. The molecule has 1 aromatic rings. The van der Waals surface area contributed by atoms with Crippen molar-refractivity contribution in [2.45, 2.75) is 38.5 Å². The van der Waals surface area contributed by atoms with E-state index in [1.54, 1.807) is 0 Å². The largest absolute Gasteiger partial charge is 0.401 e. The van der Waals surface area contributed by atoms with Crippen molar-refractivity contribution in [2.24, 2.45) is 0 Å². The van der Waals surface area contributed by atoms with Crippen LogP contribution in [0.25, 0.3) is 0 Å². The van der Waals surface area contributed by atoms with Crippen LogP contribution in [0.5, 0.6) is 0 Å². The fourth-order valence-corrected chi connectivity index (χ4v) is 2.29. The van der Waals surface area contributed by atoms with Gasteiger partial charge in [-0.15, -0.1) is 10.2 Å². The molecule has 2 rings (SSSR count). The summed E-state index contributed by atoms with van der Waals surface area (Å²) in [5.41, 5.74) is 0. The minimum atomic E-state index is -4.28. The van der Waals surface area contributed by atoms with Crippen molar-refractivity contribution in [2.75, 3.05) is 19.7 Å². The van der Waals surface area contributed by atoms with Crippen LogP contribution in [0.4, 0.5) is 13.2 Å². The summed E-state index contributed by atoms with van der Waals surface area (Å²) in [5, 5.41) is 16.8. The molecule has 1 aliphatic rings. The van der Waals surface area contributed by atoms with Crippen molar-refractivity contribution < 1.29 is 18.3 Å². The number of aliphatic hydroxyl groups excluding tert-OH is 1. The first kappa shape index (κ1) is 14.3. The molecular weight excluding hydrogens is 261 g/mol. The van der Waals surface area contributed by atoms with Gasteiger partial charge in [0.15, 0.2) is 0 Å². The van der Waals surface area contributed by atoms with Crippen molar-refractivity contribution in [1.82, 2.24) is 19.7 Å². The van der Waals surface area contributed by atoms with Gasteiger partial charge < -0.3 is 9.67 Å². The molecule has 0 aromatic carbocycles. The van der Waals surface area contributed by atoms with Crippen LogP contribution in [0.2, 0.25) is 0 Å². The zero-order chi connectivity index (χ0) is 13.9. The van der Waals surface area contributed by atoms with Crippen LogP contribution in [0.3, 0.4) is 0 Å². The summed E-state index contributed by atoms with van der Waals surface area (Å²) in [6, 6.07) is 0. The number of aliphatic hydroxyl groups is 1. The molecule has 0 saturated heterocycles. The van der Waals surface area contributed by atoms with Gasteiger partial charge in [-0.05, 0) is 12.8 Å². The second kappa shape index (κ2) is 5.87. The molecule has 0 spiro atoms. The van der Waals surface area contributed by atoms with E-state index in [1.165, 1.54) is 0 Å². The zero-order valence-electron chi connectivity index (χ0n) is 10.5.